The molecule has 0 bridgehead atoms. The number of amides is 1. The van der Waals surface area contributed by atoms with Gasteiger partial charge in [-0.05, 0) is 26.2 Å². The molecule has 0 radical (unpaired) electrons. The highest BCUT2D eigenvalue weighted by Gasteiger charge is 2.41. The second-order valence-corrected chi connectivity index (χ2v) is 4.85. The molecule has 0 aromatic heterocycles. The van der Waals surface area contributed by atoms with Crippen LogP contribution in [0.2, 0.25) is 0 Å². The van der Waals surface area contributed by atoms with Crippen LogP contribution >= 0.6 is 0 Å². The number of carbonyl (C=O) groups is 1. The molecule has 0 spiro atoms. The average Bonchev–Trinajstić information content (AvgIpc) is 2.36. The highest BCUT2D eigenvalue weighted by Crippen LogP contribution is 2.31. The van der Waals surface area contributed by atoms with Crippen LogP contribution in [-0.4, -0.2) is 23.0 Å². The summed E-state index contributed by atoms with van der Waals surface area (Å²) in [6.45, 7) is 7.94. The standard InChI is InChI=1S/C13H27N3O2/c1-5-8-13(9-6-2,11(14)16-18)12(17)15-10(4)7-3/h10,18H,5-9H2,1-4H3,(H2,14,16)(H,15,17). The van der Waals surface area contributed by atoms with Crippen LogP contribution in [0.1, 0.15) is 59.8 Å². The van der Waals surface area contributed by atoms with Crippen LogP contribution in [0.25, 0.3) is 0 Å². The van der Waals surface area contributed by atoms with Crippen LogP contribution in [0.3, 0.4) is 0 Å². The van der Waals surface area contributed by atoms with Crippen molar-refractivity contribution in [3.05, 3.63) is 0 Å². The fourth-order valence-corrected chi connectivity index (χ4v) is 2.14. The Morgan fingerprint density at radius 2 is 1.83 bits per heavy atom. The van der Waals surface area contributed by atoms with E-state index in [9.17, 15) is 4.79 Å². The zero-order valence-corrected chi connectivity index (χ0v) is 12.0. The molecule has 1 unspecified atom stereocenters. The summed E-state index contributed by atoms with van der Waals surface area (Å²) in [5.74, 6) is -0.108. The van der Waals surface area contributed by atoms with E-state index in [-0.39, 0.29) is 17.8 Å². The molecular formula is C13H27N3O2. The molecule has 18 heavy (non-hydrogen) atoms. The lowest BCUT2D eigenvalue weighted by Crippen LogP contribution is -2.51. The lowest BCUT2D eigenvalue weighted by molar-refractivity contribution is -0.129. The summed E-state index contributed by atoms with van der Waals surface area (Å²) in [6.07, 6.45) is 3.67. The van der Waals surface area contributed by atoms with Gasteiger partial charge in [-0.15, -0.1) is 0 Å². The molecule has 0 saturated heterocycles. The van der Waals surface area contributed by atoms with Gasteiger partial charge in [0.2, 0.25) is 5.91 Å². The zero-order valence-electron chi connectivity index (χ0n) is 12.0. The molecule has 5 nitrogen and oxygen atoms in total. The molecule has 1 amide bonds. The largest absolute Gasteiger partial charge is 0.409 e. The van der Waals surface area contributed by atoms with Crippen molar-refractivity contribution in [2.45, 2.75) is 65.8 Å². The van der Waals surface area contributed by atoms with E-state index in [1.807, 2.05) is 27.7 Å². The van der Waals surface area contributed by atoms with Gasteiger partial charge in [0.05, 0.1) is 0 Å². The van der Waals surface area contributed by atoms with E-state index >= 15 is 0 Å². The van der Waals surface area contributed by atoms with Gasteiger partial charge in [-0.3, -0.25) is 4.79 Å². The van der Waals surface area contributed by atoms with Crippen molar-refractivity contribution < 1.29 is 10.0 Å². The van der Waals surface area contributed by atoms with Crippen molar-refractivity contribution in [1.82, 2.24) is 5.32 Å². The van der Waals surface area contributed by atoms with Crippen LogP contribution in [0.5, 0.6) is 0 Å². The van der Waals surface area contributed by atoms with E-state index in [0.29, 0.717) is 12.8 Å². The smallest absolute Gasteiger partial charge is 0.234 e. The minimum Gasteiger partial charge on any atom is -0.409 e. The molecule has 0 aliphatic carbocycles. The third kappa shape index (κ3) is 3.89. The summed E-state index contributed by atoms with van der Waals surface area (Å²) in [6, 6.07) is 0.0945. The van der Waals surface area contributed by atoms with Crippen molar-refractivity contribution in [2.75, 3.05) is 0 Å². The molecular weight excluding hydrogens is 230 g/mol. The molecule has 0 rings (SSSR count). The molecule has 106 valence electrons. The summed E-state index contributed by atoms with van der Waals surface area (Å²) >= 11 is 0. The van der Waals surface area contributed by atoms with Gasteiger partial charge in [0.25, 0.3) is 0 Å². The third-order valence-corrected chi connectivity index (χ3v) is 3.38. The van der Waals surface area contributed by atoms with Crippen LogP contribution in [-0.2, 0) is 4.79 Å². The maximum Gasteiger partial charge on any atom is 0.234 e. The third-order valence-electron chi connectivity index (χ3n) is 3.38. The molecule has 0 aliphatic heterocycles. The number of hydrogen-bond acceptors (Lipinski definition) is 3. The van der Waals surface area contributed by atoms with E-state index in [4.69, 9.17) is 10.9 Å². The predicted octanol–water partition coefficient (Wildman–Crippen LogP) is 2.23. The topological polar surface area (TPSA) is 87.7 Å². The number of oxime groups is 1. The Labute approximate surface area is 110 Å². The Hall–Kier alpha value is -1.26. The monoisotopic (exact) mass is 257 g/mol. The maximum absolute atomic E-state index is 12.4. The molecule has 0 aromatic rings. The SMILES string of the molecule is CCCC(CCC)(C(=O)NC(C)CC)C(N)=NO. The molecule has 0 aromatic carbocycles. The number of amidine groups is 1. The molecule has 0 heterocycles. The van der Waals surface area contributed by atoms with Crippen molar-refractivity contribution >= 4 is 11.7 Å². The van der Waals surface area contributed by atoms with Gasteiger partial charge < -0.3 is 16.3 Å². The summed E-state index contributed by atoms with van der Waals surface area (Å²) < 4.78 is 0. The first-order chi connectivity index (χ1) is 8.48. The van der Waals surface area contributed by atoms with Gasteiger partial charge in [0, 0.05) is 6.04 Å². The molecule has 5 heteroatoms. The van der Waals surface area contributed by atoms with Crippen LogP contribution in [0, 0.1) is 5.41 Å². The van der Waals surface area contributed by atoms with Crippen molar-refractivity contribution in [3.8, 4) is 0 Å². The second kappa shape index (κ2) is 7.95. The number of nitrogens with zero attached hydrogens (tertiary/aromatic N) is 1. The maximum atomic E-state index is 12.4. The first kappa shape index (κ1) is 16.7. The Bertz CT molecular complexity index is 284. The van der Waals surface area contributed by atoms with E-state index in [0.717, 1.165) is 19.3 Å². The van der Waals surface area contributed by atoms with Crippen molar-refractivity contribution in [3.63, 3.8) is 0 Å². The van der Waals surface area contributed by atoms with Gasteiger partial charge in [0.1, 0.15) is 5.41 Å². The number of nitrogens with two attached hydrogens (primary N) is 1. The Morgan fingerprint density at radius 1 is 1.33 bits per heavy atom. The van der Waals surface area contributed by atoms with Crippen molar-refractivity contribution in [1.29, 1.82) is 0 Å². The lowest BCUT2D eigenvalue weighted by atomic mass is 9.77. The lowest BCUT2D eigenvalue weighted by Gasteiger charge is -2.31. The second-order valence-electron chi connectivity index (χ2n) is 4.85. The van der Waals surface area contributed by atoms with E-state index in [1.165, 1.54) is 0 Å². The zero-order chi connectivity index (χ0) is 14.2. The molecule has 1 atom stereocenters. The Morgan fingerprint density at radius 3 is 2.17 bits per heavy atom. The number of rotatable bonds is 8. The predicted molar refractivity (Wildman–Crippen MR) is 73.6 cm³/mol. The number of nitrogens with one attached hydrogen (secondary N) is 1. The molecule has 4 N–H and O–H groups in total. The quantitative estimate of drug-likeness (QED) is 0.270. The number of carbonyl (C=O) groups excluding carboxylic acids is 1. The first-order valence-electron chi connectivity index (χ1n) is 6.77. The van der Waals surface area contributed by atoms with E-state index in [1.54, 1.807) is 0 Å². The first-order valence-corrected chi connectivity index (χ1v) is 6.77. The summed E-state index contributed by atoms with van der Waals surface area (Å²) in [4.78, 5) is 12.4. The van der Waals surface area contributed by atoms with E-state index < -0.39 is 5.41 Å². The number of hydrogen-bond donors (Lipinski definition) is 3. The Kier molecular flexibility index (Phi) is 7.39. The highest BCUT2D eigenvalue weighted by molar-refractivity contribution is 6.06. The summed E-state index contributed by atoms with van der Waals surface area (Å²) in [5.41, 5.74) is 4.91. The summed E-state index contributed by atoms with van der Waals surface area (Å²) in [7, 11) is 0. The Balaban J connectivity index is 5.21. The summed E-state index contributed by atoms with van der Waals surface area (Å²) in [5, 5.41) is 15.0. The molecule has 0 aliphatic rings. The van der Waals surface area contributed by atoms with Gasteiger partial charge in [0.15, 0.2) is 5.84 Å². The van der Waals surface area contributed by atoms with Crippen LogP contribution in [0.15, 0.2) is 5.16 Å². The van der Waals surface area contributed by atoms with Gasteiger partial charge in [-0.25, -0.2) is 0 Å². The minimum atomic E-state index is -0.873. The van der Waals surface area contributed by atoms with Crippen LogP contribution in [0.4, 0.5) is 0 Å². The minimum absolute atomic E-state index is 0.0204. The molecule has 0 saturated carbocycles. The van der Waals surface area contributed by atoms with Gasteiger partial charge in [-0.1, -0.05) is 38.8 Å². The van der Waals surface area contributed by atoms with Gasteiger partial charge in [-0.2, -0.15) is 0 Å². The average molecular weight is 257 g/mol. The van der Waals surface area contributed by atoms with Gasteiger partial charge >= 0.3 is 0 Å². The fourth-order valence-electron chi connectivity index (χ4n) is 2.14. The van der Waals surface area contributed by atoms with Crippen molar-refractivity contribution in [2.24, 2.45) is 16.3 Å². The highest BCUT2D eigenvalue weighted by atomic mass is 16.4. The van der Waals surface area contributed by atoms with E-state index in [2.05, 4.69) is 10.5 Å². The fraction of sp³-hybridized carbons (Fsp3) is 0.846. The molecule has 0 fully saturated rings. The van der Waals surface area contributed by atoms with Crippen LogP contribution < -0.4 is 11.1 Å². The normalized spacial score (nSPS) is 14.3.